The zero-order chi connectivity index (χ0) is 15.9. The zero-order valence-corrected chi connectivity index (χ0v) is 10.9. The largest absolute Gasteiger partial charge is 0.477 e. The first-order chi connectivity index (χ1) is 10.4. The summed E-state index contributed by atoms with van der Waals surface area (Å²) in [5, 5.41) is 12.9. The fraction of sp³-hybridized carbons (Fsp3) is 0.0714. The number of carboxylic acid groups (broad SMARTS) is 1. The highest BCUT2D eigenvalue weighted by molar-refractivity contribution is 5.94. The molecule has 0 amide bonds. The van der Waals surface area contributed by atoms with E-state index in [0.717, 1.165) is 18.3 Å². The van der Waals surface area contributed by atoms with E-state index >= 15 is 0 Å². The summed E-state index contributed by atoms with van der Waals surface area (Å²) in [6, 6.07) is 6.16. The average Bonchev–Trinajstić information content (AvgIpc) is 2.89. The first kappa shape index (κ1) is 14.1. The first-order valence-corrected chi connectivity index (χ1v) is 6.11. The highest BCUT2D eigenvalue weighted by Crippen LogP contribution is 2.31. The van der Waals surface area contributed by atoms with Crippen LogP contribution in [0.3, 0.4) is 0 Å². The van der Waals surface area contributed by atoms with Crippen LogP contribution < -0.4 is 0 Å². The average molecular weight is 307 g/mol. The molecule has 0 fully saturated rings. The summed E-state index contributed by atoms with van der Waals surface area (Å²) >= 11 is 0. The molecule has 22 heavy (non-hydrogen) atoms. The maximum Gasteiger partial charge on any atom is 0.416 e. The molecule has 0 unspecified atom stereocenters. The Kier molecular flexibility index (Phi) is 3.09. The Bertz CT molecular complexity index is 871. The Balaban J connectivity index is 2.14. The molecule has 0 aliphatic rings. The Morgan fingerprint density at radius 1 is 1.23 bits per heavy atom. The summed E-state index contributed by atoms with van der Waals surface area (Å²) in [6.07, 6.45) is -1.87. The number of benzene rings is 1. The third kappa shape index (κ3) is 2.39. The quantitative estimate of drug-likeness (QED) is 0.790. The second-order valence-corrected chi connectivity index (χ2v) is 4.52. The second-order valence-electron chi connectivity index (χ2n) is 4.52. The van der Waals surface area contributed by atoms with Crippen LogP contribution in [0.2, 0.25) is 0 Å². The lowest BCUT2D eigenvalue weighted by molar-refractivity contribution is -0.137. The van der Waals surface area contributed by atoms with Gasteiger partial charge in [0.2, 0.25) is 0 Å². The van der Waals surface area contributed by atoms with Crippen molar-refractivity contribution >= 4 is 11.6 Å². The number of carbonyl (C=O) groups is 1. The minimum Gasteiger partial charge on any atom is -0.477 e. The van der Waals surface area contributed by atoms with Gasteiger partial charge in [0, 0.05) is 11.8 Å². The summed E-state index contributed by atoms with van der Waals surface area (Å²) in [7, 11) is 0. The molecule has 0 saturated heterocycles. The molecule has 0 aliphatic heterocycles. The molecule has 3 rings (SSSR count). The Morgan fingerprint density at radius 2 is 2.00 bits per heavy atom. The van der Waals surface area contributed by atoms with Crippen molar-refractivity contribution in [2.45, 2.75) is 6.18 Å². The van der Waals surface area contributed by atoms with E-state index in [1.165, 1.54) is 28.9 Å². The third-order valence-electron chi connectivity index (χ3n) is 3.09. The normalized spacial score (nSPS) is 11.8. The van der Waals surface area contributed by atoms with Crippen LogP contribution in [0.25, 0.3) is 16.9 Å². The minimum atomic E-state index is -4.46. The van der Waals surface area contributed by atoms with Crippen molar-refractivity contribution in [3.05, 3.63) is 53.9 Å². The molecule has 0 spiro atoms. The van der Waals surface area contributed by atoms with E-state index < -0.39 is 17.7 Å². The number of fused-ring (bicyclic) bond motifs is 1. The van der Waals surface area contributed by atoms with E-state index in [4.69, 9.17) is 5.11 Å². The van der Waals surface area contributed by atoms with Gasteiger partial charge in [-0.05, 0) is 18.2 Å². The van der Waals surface area contributed by atoms with E-state index in [0.29, 0.717) is 0 Å². The number of hydrogen-bond acceptors (Lipinski definition) is 3. The predicted molar refractivity (Wildman–Crippen MR) is 70.4 cm³/mol. The molecule has 8 heteroatoms. The molecule has 1 N–H and O–H groups in total. The van der Waals surface area contributed by atoms with Crippen molar-refractivity contribution in [2.75, 3.05) is 0 Å². The van der Waals surface area contributed by atoms with Gasteiger partial charge in [-0.25, -0.2) is 14.3 Å². The van der Waals surface area contributed by atoms with Crippen molar-refractivity contribution in [1.29, 1.82) is 0 Å². The SMILES string of the molecule is O=C(O)c1cnn2ccc(-c3cccc(C(F)(F)F)c3)nc12. The van der Waals surface area contributed by atoms with Crippen LogP contribution in [0.1, 0.15) is 15.9 Å². The lowest BCUT2D eigenvalue weighted by Gasteiger charge is -2.08. The molecule has 3 aromatic rings. The summed E-state index contributed by atoms with van der Waals surface area (Å²) < 4.78 is 39.5. The van der Waals surface area contributed by atoms with Crippen molar-refractivity contribution in [3.63, 3.8) is 0 Å². The van der Waals surface area contributed by atoms with Gasteiger partial charge in [0.1, 0.15) is 5.56 Å². The van der Waals surface area contributed by atoms with Crippen LogP contribution in [-0.4, -0.2) is 25.7 Å². The highest BCUT2D eigenvalue weighted by atomic mass is 19.4. The second kappa shape index (κ2) is 4.83. The van der Waals surface area contributed by atoms with E-state index in [9.17, 15) is 18.0 Å². The van der Waals surface area contributed by atoms with Crippen LogP contribution in [0, 0.1) is 0 Å². The molecule has 0 saturated carbocycles. The van der Waals surface area contributed by atoms with E-state index in [-0.39, 0.29) is 22.5 Å². The van der Waals surface area contributed by atoms with E-state index in [2.05, 4.69) is 10.1 Å². The number of halogens is 3. The fourth-order valence-electron chi connectivity index (χ4n) is 2.04. The van der Waals surface area contributed by atoms with Crippen LogP contribution in [-0.2, 0) is 6.18 Å². The monoisotopic (exact) mass is 307 g/mol. The van der Waals surface area contributed by atoms with Gasteiger partial charge in [-0.1, -0.05) is 12.1 Å². The molecule has 1 aromatic carbocycles. The van der Waals surface area contributed by atoms with Gasteiger partial charge >= 0.3 is 12.1 Å². The zero-order valence-electron chi connectivity index (χ0n) is 10.9. The number of aromatic nitrogens is 3. The Labute approximate surface area is 121 Å². The van der Waals surface area contributed by atoms with Gasteiger partial charge in [-0.15, -0.1) is 0 Å². The molecule has 0 atom stereocenters. The lowest BCUT2D eigenvalue weighted by atomic mass is 10.1. The summed E-state index contributed by atoms with van der Waals surface area (Å²) in [5.74, 6) is -1.20. The van der Waals surface area contributed by atoms with Gasteiger partial charge < -0.3 is 5.11 Å². The van der Waals surface area contributed by atoms with Crippen LogP contribution in [0.4, 0.5) is 13.2 Å². The molecule has 2 heterocycles. The number of hydrogen-bond donors (Lipinski definition) is 1. The maximum atomic E-state index is 12.7. The molecular weight excluding hydrogens is 299 g/mol. The molecule has 0 aliphatic carbocycles. The lowest BCUT2D eigenvalue weighted by Crippen LogP contribution is -2.05. The van der Waals surface area contributed by atoms with Crippen molar-refractivity contribution in [1.82, 2.24) is 14.6 Å². The van der Waals surface area contributed by atoms with Crippen LogP contribution >= 0.6 is 0 Å². The number of carboxylic acids is 1. The van der Waals surface area contributed by atoms with Crippen molar-refractivity contribution < 1.29 is 23.1 Å². The fourth-order valence-corrected chi connectivity index (χ4v) is 2.04. The van der Waals surface area contributed by atoms with Crippen LogP contribution in [0.15, 0.2) is 42.7 Å². The highest BCUT2D eigenvalue weighted by Gasteiger charge is 2.30. The molecular formula is C14H8F3N3O2. The van der Waals surface area contributed by atoms with Gasteiger partial charge in [-0.3, -0.25) is 0 Å². The predicted octanol–water partition coefficient (Wildman–Crippen LogP) is 3.11. The third-order valence-corrected chi connectivity index (χ3v) is 3.09. The Hall–Kier alpha value is -2.90. The maximum absolute atomic E-state index is 12.7. The van der Waals surface area contributed by atoms with E-state index in [1.54, 1.807) is 0 Å². The number of rotatable bonds is 2. The van der Waals surface area contributed by atoms with Gasteiger partial charge in [0.05, 0.1) is 17.5 Å². The first-order valence-electron chi connectivity index (χ1n) is 6.11. The number of aromatic carboxylic acids is 1. The molecule has 112 valence electrons. The molecule has 0 radical (unpaired) electrons. The van der Waals surface area contributed by atoms with Gasteiger partial charge in [0.25, 0.3) is 0 Å². The summed E-state index contributed by atoms with van der Waals surface area (Å²) in [4.78, 5) is 15.2. The van der Waals surface area contributed by atoms with Gasteiger partial charge in [0.15, 0.2) is 5.65 Å². The summed E-state index contributed by atoms with van der Waals surface area (Å²) in [6.45, 7) is 0. The minimum absolute atomic E-state index is 0.0717. The van der Waals surface area contributed by atoms with E-state index in [1.807, 2.05) is 0 Å². The number of nitrogens with zero attached hydrogens (tertiary/aromatic N) is 3. The van der Waals surface area contributed by atoms with Crippen molar-refractivity contribution in [2.24, 2.45) is 0 Å². The van der Waals surface area contributed by atoms with Crippen LogP contribution in [0.5, 0.6) is 0 Å². The molecule has 5 nitrogen and oxygen atoms in total. The van der Waals surface area contributed by atoms with Gasteiger partial charge in [-0.2, -0.15) is 18.3 Å². The molecule has 0 bridgehead atoms. The number of alkyl halides is 3. The standard InChI is InChI=1S/C14H8F3N3O2/c15-14(16,17)9-3-1-2-8(6-9)11-4-5-20-12(19-11)10(7-18-20)13(21)22/h1-7H,(H,21,22). The topological polar surface area (TPSA) is 67.5 Å². The van der Waals surface area contributed by atoms with Crippen molar-refractivity contribution in [3.8, 4) is 11.3 Å². The Morgan fingerprint density at radius 3 is 2.68 bits per heavy atom. The summed E-state index contributed by atoms with van der Waals surface area (Å²) in [5.41, 5.74) is -0.355. The smallest absolute Gasteiger partial charge is 0.416 e. The molecule has 2 aromatic heterocycles.